The Morgan fingerprint density at radius 3 is 2.61 bits per heavy atom. The minimum absolute atomic E-state index is 0.187. The molecule has 102 valence electrons. The maximum Gasteiger partial charge on any atom is 0.137 e. The van der Waals surface area contributed by atoms with Crippen LogP contribution in [-0.2, 0) is 6.42 Å². The van der Waals surface area contributed by atoms with Crippen molar-refractivity contribution in [2.75, 3.05) is 6.54 Å². The number of rotatable bonds is 8. The van der Waals surface area contributed by atoms with Gasteiger partial charge in [0, 0.05) is 6.04 Å². The topological polar surface area (TPSA) is 12.0 Å². The van der Waals surface area contributed by atoms with E-state index in [4.69, 9.17) is 0 Å². The monoisotopic (exact) mass is 315 g/mol. The summed E-state index contributed by atoms with van der Waals surface area (Å²) in [6.07, 6.45) is 5.70. The van der Waals surface area contributed by atoms with Crippen molar-refractivity contribution in [1.82, 2.24) is 5.32 Å². The van der Waals surface area contributed by atoms with Gasteiger partial charge in [-0.05, 0) is 65.9 Å². The van der Waals surface area contributed by atoms with Gasteiger partial charge in [-0.1, -0.05) is 26.3 Å². The zero-order valence-electron chi connectivity index (χ0n) is 11.3. The Kier molecular flexibility index (Phi) is 7.52. The fourth-order valence-corrected chi connectivity index (χ4v) is 2.51. The molecular formula is C15H23BrFN. The third kappa shape index (κ3) is 5.49. The van der Waals surface area contributed by atoms with Gasteiger partial charge in [-0.25, -0.2) is 4.39 Å². The first-order chi connectivity index (χ1) is 8.67. The van der Waals surface area contributed by atoms with Crippen molar-refractivity contribution >= 4 is 15.9 Å². The van der Waals surface area contributed by atoms with E-state index >= 15 is 0 Å². The molecule has 0 radical (unpaired) electrons. The maximum atomic E-state index is 13.1. The molecule has 1 aromatic rings. The molecule has 1 rings (SSSR count). The lowest BCUT2D eigenvalue weighted by atomic mass is 10.0. The van der Waals surface area contributed by atoms with Crippen LogP contribution in [0.2, 0.25) is 0 Å². The first-order valence-electron chi connectivity index (χ1n) is 6.84. The van der Waals surface area contributed by atoms with Crippen LogP contribution >= 0.6 is 15.9 Å². The molecule has 1 aromatic carbocycles. The lowest BCUT2D eigenvalue weighted by Crippen LogP contribution is -2.30. The van der Waals surface area contributed by atoms with E-state index < -0.39 is 0 Å². The molecule has 1 atom stereocenters. The number of hydrogen-bond donors (Lipinski definition) is 1. The molecule has 0 fully saturated rings. The molecule has 1 nitrogen and oxygen atoms in total. The summed E-state index contributed by atoms with van der Waals surface area (Å²) < 4.78 is 13.7. The molecular weight excluding hydrogens is 293 g/mol. The summed E-state index contributed by atoms with van der Waals surface area (Å²) in [5.74, 6) is -0.187. The quantitative estimate of drug-likeness (QED) is 0.734. The number of halogens is 2. The lowest BCUT2D eigenvalue weighted by Gasteiger charge is -2.17. The minimum atomic E-state index is -0.187. The van der Waals surface area contributed by atoms with Gasteiger partial charge in [0.05, 0.1) is 4.47 Å². The average Bonchev–Trinajstić information content (AvgIpc) is 2.37. The Balaban J connectivity index is 2.47. The van der Waals surface area contributed by atoms with Gasteiger partial charge in [0.2, 0.25) is 0 Å². The van der Waals surface area contributed by atoms with E-state index in [1.807, 2.05) is 12.1 Å². The van der Waals surface area contributed by atoms with Gasteiger partial charge in [-0.3, -0.25) is 0 Å². The molecule has 0 aromatic heterocycles. The molecule has 0 bridgehead atoms. The van der Waals surface area contributed by atoms with Gasteiger partial charge in [-0.15, -0.1) is 0 Å². The number of aryl methyl sites for hydroxylation is 1. The van der Waals surface area contributed by atoms with Crippen molar-refractivity contribution < 1.29 is 4.39 Å². The van der Waals surface area contributed by atoms with E-state index in [9.17, 15) is 4.39 Å². The predicted octanol–water partition coefficient (Wildman–Crippen LogP) is 4.69. The van der Waals surface area contributed by atoms with Crippen LogP contribution in [0.5, 0.6) is 0 Å². The summed E-state index contributed by atoms with van der Waals surface area (Å²) in [4.78, 5) is 0. The molecule has 18 heavy (non-hydrogen) atoms. The molecule has 0 aliphatic carbocycles. The lowest BCUT2D eigenvalue weighted by molar-refractivity contribution is 0.449. The van der Waals surface area contributed by atoms with Crippen molar-refractivity contribution in [2.45, 2.75) is 52.0 Å². The highest BCUT2D eigenvalue weighted by Crippen LogP contribution is 2.18. The third-order valence-corrected chi connectivity index (χ3v) is 3.69. The third-order valence-electron chi connectivity index (χ3n) is 3.09. The molecule has 0 saturated carbocycles. The largest absolute Gasteiger partial charge is 0.314 e. The highest BCUT2D eigenvalue weighted by atomic mass is 79.9. The molecule has 1 unspecified atom stereocenters. The van der Waals surface area contributed by atoms with Crippen LogP contribution in [0.1, 0.15) is 45.1 Å². The van der Waals surface area contributed by atoms with Gasteiger partial charge in [0.25, 0.3) is 0 Å². The highest BCUT2D eigenvalue weighted by Gasteiger charge is 2.07. The number of benzene rings is 1. The number of nitrogens with one attached hydrogen (secondary N) is 1. The van der Waals surface area contributed by atoms with Crippen LogP contribution in [0.3, 0.4) is 0 Å². The summed E-state index contributed by atoms with van der Waals surface area (Å²) in [7, 11) is 0. The second kappa shape index (κ2) is 8.65. The SMILES string of the molecule is CCCNC(CCC)CCc1ccc(F)c(Br)c1. The predicted molar refractivity (Wildman–Crippen MR) is 79.4 cm³/mol. The van der Waals surface area contributed by atoms with Gasteiger partial charge in [0.15, 0.2) is 0 Å². The Bertz CT molecular complexity index is 354. The van der Waals surface area contributed by atoms with Crippen LogP contribution in [0.4, 0.5) is 4.39 Å². The Morgan fingerprint density at radius 1 is 1.22 bits per heavy atom. The van der Waals surface area contributed by atoms with Crippen molar-refractivity contribution in [3.05, 3.63) is 34.1 Å². The van der Waals surface area contributed by atoms with E-state index in [-0.39, 0.29) is 5.82 Å². The molecule has 0 aliphatic heterocycles. The standard InChI is InChI=1S/C15H23BrFN/c1-3-5-13(18-10-4-2)8-6-12-7-9-15(17)14(16)11-12/h7,9,11,13,18H,3-6,8,10H2,1-2H3. The molecule has 0 saturated heterocycles. The van der Waals surface area contributed by atoms with Crippen molar-refractivity contribution in [1.29, 1.82) is 0 Å². The molecule has 0 amide bonds. The summed E-state index contributed by atoms with van der Waals surface area (Å²) in [5, 5.41) is 3.58. The van der Waals surface area contributed by atoms with E-state index in [0.29, 0.717) is 10.5 Å². The molecule has 1 N–H and O–H groups in total. The first-order valence-corrected chi connectivity index (χ1v) is 7.64. The summed E-state index contributed by atoms with van der Waals surface area (Å²) in [5.41, 5.74) is 1.20. The summed E-state index contributed by atoms with van der Waals surface area (Å²) in [6.45, 7) is 5.49. The Hall–Kier alpha value is -0.410. The molecule has 0 aliphatic rings. The van der Waals surface area contributed by atoms with E-state index in [2.05, 4.69) is 35.1 Å². The summed E-state index contributed by atoms with van der Waals surface area (Å²) in [6, 6.07) is 5.88. The number of hydrogen-bond acceptors (Lipinski definition) is 1. The Morgan fingerprint density at radius 2 is 2.00 bits per heavy atom. The fourth-order valence-electron chi connectivity index (χ4n) is 2.08. The normalized spacial score (nSPS) is 12.7. The maximum absolute atomic E-state index is 13.1. The average molecular weight is 316 g/mol. The van der Waals surface area contributed by atoms with E-state index in [0.717, 1.165) is 19.4 Å². The van der Waals surface area contributed by atoms with Crippen molar-refractivity contribution in [3.8, 4) is 0 Å². The van der Waals surface area contributed by atoms with Gasteiger partial charge < -0.3 is 5.32 Å². The van der Waals surface area contributed by atoms with Gasteiger partial charge >= 0.3 is 0 Å². The van der Waals surface area contributed by atoms with Crippen LogP contribution in [0, 0.1) is 5.82 Å². The molecule has 3 heteroatoms. The van der Waals surface area contributed by atoms with E-state index in [1.165, 1.54) is 30.9 Å². The highest BCUT2D eigenvalue weighted by molar-refractivity contribution is 9.10. The van der Waals surface area contributed by atoms with Gasteiger partial charge in [0.1, 0.15) is 5.82 Å². The van der Waals surface area contributed by atoms with Crippen molar-refractivity contribution in [3.63, 3.8) is 0 Å². The minimum Gasteiger partial charge on any atom is -0.314 e. The van der Waals surface area contributed by atoms with Crippen LogP contribution < -0.4 is 5.32 Å². The molecule has 0 spiro atoms. The summed E-state index contributed by atoms with van der Waals surface area (Å²) >= 11 is 3.24. The van der Waals surface area contributed by atoms with Crippen LogP contribution in [-0.4, -0.2) is 12.6 Å². The van der Waals surface area contributed by atoms with E-state index in [1.54, 1.807) is 0 Å². The second-order valence-electron chi connectivity index (χ2n) is 4.73. The Labute approximate surface area is 118 Å². The zero-order chi connectivity index (χ0) is 13.4. The fraction of sp³-hybridized carbons (Fsp3) is 0.600. The van der Waals surface area contributed by atoms with Crippen LogP contribution in [0.15, 0.2) is 22.7 Å². The second-order valence-corrected chi connectivity index (χ2v) is 5.58. The van der Waals surface area contributed by atoms with Crippen molar-refractivity contribution in [2.24, 2.45) is 0 Å². The van der Waals surface area contributed by atoms with Gasteiger partial charge in [-0.2, -0.15) is 0 Å². The molecule has 0 heterocycles. The van der Waals surface area contributed by atoms with Crippen LogP contribution in [0.25, 0.3) is 0 Å². The smallest absolute Gasteiger partial charge is 0.137 e. The first kappa shape index (κ1) is 15.6. The zero-order valence-corrected chi connectivity index (χ0v) is 12.9.